The van der Waals surface area contributed by atoms with E-state index in [1.165, 1.54) is 11.3 Å². The van der Waals surface area contributed by atoms with Crippen LogP contribution in [0.15, 0.2) is 24.3 Å². The van der Waals surface area contributed by atoms with Gasteiger partial charge in [0.25, 0.3) is 0 Å². The van der Waals surface area contributed by atoms with Crippen LogP contribution in [-0.4, -0.2) is 29.3 Å². The number of hydrogen-bond donors (Lipinski definition) is 2. The largest absolute Gasteiger partial charge is 0.397 e. The van der Waals surface area contributed by atoms with Gasteiger partial charge in [-0.05, 0) is 50.5 Å². The first-order valence-corrected chi connectivity index (χ1v) is 9.90. The molecular formula is C20H25N5S. The van der Waals surface area contributed by atoms with Gasteiger partial charge >= 0.3 is 0 Å². The van der Waals surface area contributed by atoms with Crippen molar-refractivity contribution in [1.82, 2.24) is 15.5 Å². The maximum Gasteiger partial charge on any atom is 0.148 e. The summed E-state index contributed by atoms with van der Waals surface area (Å²) in [5.41, 5.74) is 12.0. The Hall–Kier alpha value is -2.18. The van der Waals surface area contributed by atoms with Crippen molar-refractivity contribution in [3.05, 3.63) is 46.0 Å². The van der Waals surface area contributed by atoms with E-state index in [0.29, 0.717) is 6.04 Å². The summed E-state index contributed by atoms with van der Waals surface area (Å²) in [6.45, 7) is 9.11. The molecule has 2 aromatic heterocycles. The Bertz CT molecular complexity index is 949. The van der Waals surface area contributed by atoms with Crippen LogP contribution in [-0.2, 0) is 6.54 Å². The van der Waals surface area contributed by atoms with E-state index in [4.69, 9.17) is 5.73 Å². The lowest BCUT2D eigenvalue weighted by Gasteiger charge is -2.19. The third-order valence-electron chi connectivity index (χ3n) is 5.32. The van der Waals surface area contributed by atoms with Gasteiger partial charge in [0, 0.05) is 41.6 Å². The zero-order chi connectivity index (χ0) is 18.3. The first-order chi connectivity index (χ1) is 12.5. The number of nitrogens with one attached hydrogen (secondary N) is 1. The molecule has 0 amide bonds. The number of hydrogen-bond acceptors (Lipinski definition) is 6. The average Bonchev–Trinajstić information content (AvgIpc) is 3.22. The summed E-state index contributed by atoms with van der Waals surface area (Å²) in [6, 6.07) is 9.22. The topological polar surface area (TPSA) is 67.1 Å². The molecule has 6 heteroatoms. The van der Waals surface area contributed by atoms with Crippen LogP contribution in [0.1, 0.15) is 28.1 Å². The monoisotopic (exact) mass is 367 g/mol. The molecule has 0 saturated carbocycles. The first kappa shape index (κ1) is 17.2. The molecule has 5 nitrogen and oxygen atoms in total. The van der Waals surface area contributed by atoms with E-state index in [1.807, 2.05) is 6.92 Å². The van der Waals surface area contributed by atoms with Crippen molar-refractivity contribution >= 4 is 32.9 Å². The number of benzene rings is 1. The van der Waals surface area contributed by atoms with Crippen molar-refractivity contribution in [2.75, 3.05) is 23.7 Å². The highest BCUT2D eigenvalue weighted by atomic mass is 32.1. The highest BCUT2D eigenvalue weighted by molar-refractivity contribution is 7.19. The Balaban J connectivity index is 1.44. The highest BCUT2D eigenvalue weighted by Crippen LogP contribution is 2.35. The summed E-state index contributed by atoms with van der Waals surface area (Å²) in [7, 11) is 0. The van der Waals surface area contributed by atoms with Gasteiger partial charge in [-0.25, -0.2) is 0 Å². The molecule has 0 bridgehead atoms. The van der Waals surface area contributed by atoms with E-state index < -0.39 is 0 Å². The smallest absolute Gasteiger partial charge is 0.148 e. The second-order valence-electron chi connectivity index (χ2n) is 7.18. The van der Waals surface area contributed by atoms with Crippen LogP contribution < -0.4 is 16.0 Å². The average molecular weight is 368 g/mol. The maximum atomic E-state index is 6.42. The number of rotatable bonds is 4. The van der Waals surface area contributed by atoms with Gasteiger partial charge in [0.2, 0.25) is 0 Å². The molecule has 1 aliphatic heterocycles. The first-order valence-electron chi connectivity index (χ1n) is 9.08. The van der Waals surface area contributed by atoms with Crippen molar-refractivity contribution in [2.45, 2.75) is 39.8 Å². The van der Waals surface area contributed by atoms with Crippen LogP contribution >= 0.6 is 11.3 Å². The molecule has 0 spiro atoms. The number of aromatic nitrogens is 2. The third-order valence-corrected chi connectivity index (χ3v) is 6.41. The van der Waals surface area contributed by atoms with Gasteiger partial charge in [0.1, 0.15) is 4.83 Å². The summed E-state index contributed by atoms with van der Waals surface area (Å²) in [5.74, 6) is 0. The maximum absolute atomic E-state index is 6.42. The molecule has 26 heavy (non-hydrogen) atoms. The van der Waals surface area contributed by atoms with Crippen LogP contribution in [0.4, 0.5) is 11.4 Å². The van der Waals surface area contributed by atoms with E-state index in [9.17, 15) is 0 Å². The Labute approximate surface area is 158 Å². The molecule has 3 N–H and O–H groups in total. The fourth-order valence-electron chi connectivity index (χ4n) is 3.64. The Morgan fingerprint density at radius 2 is 2.12 bits per heavy atom. The van der Waals surface area contributed by atoms with Gasteiger partial charge in [-0.2, -0.15) is 5.10 Å². The van der Waals surface area contributed by atoms with E-state index in [-0.39, 0.29) is 0 Å². The van der Waals surface area contributed by atoms with Crippen LogP contribution in [0.3, 0.4) is 0 Å². The normalized spacial score (nSPS) is 17.3. The quantitative estimate of drug-likeness (QED) is 0.738. The molecule has 1 fully saturated rings. The van der Waals surface area contributed by atoms with Crippen LogP contribution in [0.25, 0.3) is 10.2 Å². The number of fused-ring (bicyclic) bond motifs is 1. The zero-order valence-electron chi connectivity index (χ0n) is 15.5. The van der Waals surface area contributed by atoms with Gasteiger partial charge in [0.05, 0.1) is 11.4 Å². The van der Waals surface area contributed by atoms with Crippen molar-refractivity contribution in [3.8, 4) is 0 Å². The van der Waals surface area contributed by atoms with Gasteiger partial charge < -0.3 is 16.0 Å². The van der Waals surface area contributed by atoms with Crippen molar-refractivity contribution in [2.24, 2.45) is 0 Å². The molecule has 1 aromatic carbocycles. The fourth-order valence-corrected chi connectivity index (χ4v) is 4.69. The molecule has 1 aliphatic rings. The van der Waals surface area contributed by atoms with E-state index in [2.05, 4.69) is 58.5 Å². The van der Waals surface area contributed by atoms with Crippen molar-refractivity contribution in [3.63, 3.8) is 0 Å². The van der Waals surface area contributed by atoms with Crippen LogP contribution in [0.2, 0.25) is 0 Å². The molecule has 1 atom stereocenters. The highest BCUT2D eigenvalue weighted by Gasteiger charge is 2.23. The summed E-state index contributed by atoms with van der Waals surface area (Å²) in [4.78, 5) is 4.56. The van der Waals surface area contributed by atoms with E-state index in [1.54, 1.807) is 11.3 Å². The molecule has 4 rings (SSSR count). The predicted molar refractivity (Wildman–Crippen MR) is 110 cm³/mol. The van der Waals surface area contributed by atoms with Crippen molar-refractivity contribution < 1.29 is 0 Å². The molecule has 1 unspecified atom stereocenters. The number of nitrogens with zero attached hydrogens (tertiary/aromatic N) is 3. The van der Waals surface area contributed by atoms with Gasteiger partial charge in [-0.3, -0.25) is 0 Å². The second kappa shape index (κ2) is 6.85. The zero-order valence-corrected chi connectivity index (χ0v) is 16.4. The number of anilines is 2. The molecule has 0 radical (unpaired) electrons. The summed E-state index contributed by atoms with van der Waals surface area (Å²) in [5, 5.41) is 13.3. The number of nitrogen functional groups attached to an aromatic ring is 1. The Morgan fingerprint density at radius 3 is 2.92 bits per heavy atom. The molecule has 1 saturated heterocycles. The molecule has 3 heterocycles. The molecule has 3 aromatic rings. The lowest BCUT2D eigenvalue weighted by Crippen LogP contribution is -2.32. The Morgan fingerprint density at radius 1 is 1.27 bits per heavy atom. The van der Waals surface area contributed by atoms with Gasteiger partial charge in [-0.15, -0.1) is 16.4 Å². The lowest BCUT2D eigenvalue weighted by atomic mass is 10.1. The van der Waals surface area contributed by atoms with Crippen molar-refractivity contribution in [1.29, 1.82) is 0 Å². The fraction of sp³-hybridized carbons (Fsp3) is 0.400. The number of thiophene rings is 1. The number of nitrogens with two attached hydrogens (primary N) is 1. The minimum Gasteiger partial charge on any atom is -0.397 e. The second-order valence-corrected chi connectivity index (χ2v) is 8.26. The standard InChI is InChI=1S/C20H25N5S/c1-12-5-4-6-16(9-12)25-8-7-15(11-25)22-10-17-19(21)18-13(2)14(3)23-24-20(18)26-17/h4-6,9,15,22H,7-8,10-11,21H2,1-3H3. The molecular weight excluding hydrogens is 342 g/mol. The summed E-state index contributed by atoms with van der Waals surface area (Å²) < 4.78 is 0. The Kier molecular flexibility index (Phi) is 4.54. The number of aryl methyl sites for hydroxylation is 3. The van der Waals surface area contributed by atoms with E-state index in [0.717, 1.165) is 58.1 Å². The summed E-state index contributed by atoms with van der Waals surface area (Å²) >= 11 is 1.65. The predicted octanol–water partition coefficient (Wildman–Crippen LogP) is 3.57. The van der Waals surface area contributed by atoms with Crippen LogP contribution in [0.5, 0.6) is 0 Å². The van der Waals surface area contributed by atoms with E-state index >= 15 is 0 Å². The SMILES string of the molecule is Cc1cccc(N2CCC(NCc3sc4nnc(C)c(C)c4c3N)C2)c1. The summed E-state index contributed by atoms with van der Waals surface area (Å²) in [6.07, 6.45) is 1.15. The van der Waals surface area contributed by atoms with Gasteiger partial charge in [0.15, 0.2) is 0 Å². The lowest BCUT2D eigenvalue weighted by molar-refractivity contribution is 0.555. The molecule has 0 aliphatic carbocycles. The van der Waals surface area contributed by atoms with Crippen LogP contribution in [0, 0.1) is 20.8 Å². The third kappa shape index (κ3) is 3.15. The van der Waals surface area contributed by atoms with Gasteiger partial charge in [-0.1, -0.05) is 12.1 Å². The minimum absolute atomic E-state index is 0.481. The minimum atomic E-state index is 0.481. The molecule has 136 valence electrons.